The Hall–Kier alpha value is -2.83. The summed E-state index contributed by atoms with van der Waals surface area (Å²) in [6.45, 7) is 13.6. The zero-order valence-electron chi connectivity index (χ0n) is 14.1. The van der Waals surface area contributed by atoms with Crippen LogP contribution in [0.25, 0.3) is 4.85 Å². The van der Waals surface area contributed by atoms with E-state index < -0.39 is 0 Å². The second kappa shape index (κ2) is 7.63. The topological polar surface area (TPSA) is 75.4 Å². The van der Waals surface area contributed by atoms with Gasteiger partial charge < -0.3 is 9.84 Å². The molecular weight excluding hydrogens is 304 g/mol. The van der Waals surface area contributed by atoms with Crippen molar-refractivity contribution in [2.75, 3.05) is 6.61 Å². The van der Waals surface area contributed by atoms with Crippen LogP contribution in [0.3, 0.4) is 0 Å². The first kappa shape index (κ1) is 17.5. The fraction of sp³-hybridized carbons (Fsp3) is 0.389. The highest BCUT2D eigenvalue weighted by Crippen LogP contribution is 2.36. The molecule has 1 aromatic heterocycles. The highest BCUT2D eigenvalue weighted by atomic mass is 16.5. The van der Waals surface area contributed by atoms with Gasteiger partial charge in [0, 0.05) is 5.56 Å². The Labute approximate surface area is 141 Å². The van der Waals surface area contributed by atoms with Crippen molar-refractivity contribution < 1.29 is 9.84 Å². The number of nitriles is 1. The number of ether oxygens (including phenoxy) is 1. The molecule has 1 heterocycles. The molecule has 124 valence electrons. The molecule has 0 aliphatic heterocycles. The van der Waals surface area contributed by atoms with Crippen molar-refractivity contribution in [2.24, 2.45) is 0 Å². The number of hydrogen-bond acceptors (Lipinski definition) is 4. The Morgan fingerprint density at radius 3 is 2.71 bits per heavy atom. The molecule has 6 nitrogen and oxygen atoms in total. The number of rotatable bonds is 6. The van der Waals surface area contributed by atoms with Crippen LogP contribution in [-0.2, 0) is 13.0 Å². The summed E-state index contributed by atoms with van der Waals surface area (Å²) in [5.41, 5.74) is 2.42. The van der Waals surface area contributed by atoms with Crippen LogP contribution in [0.5, 0.6) is 11.5 Å². The molecule has 0 fully saturated rings. The highest BCUT2D eigenvalue weighted by Gasteiger charge is 2.21. The molecule has 0 saturated heterocycles. The molecule has 0 saturated carbocycles. The van der Waals surface area contributed by atoms with Gasteiger partial charge in [-0.05, 0) is 30.5 Å². The summed E-state index contributed by atoms with van der Waals surface area (Å²) in [5.74, 6) is 1.24. The second-order valence-electron chi connectivity index (χ2n) is 5.66. The van der Waals surface area contributed by atoms with Gasteiger partial charge in [-0.3, -0.25) is 4.68 Å². The number of aryl methyl sites for hydroxylation is 1. The molecule has 24 heavy (non-hydrogen) atoms. The van der Waals surface area contributed by atoms with Gasteiger partial charge in [-0.1, -0.05) is 20.8 Å². The van der Waals surface area contributed by atoms with E-state index in [4.69, 9.17) is 16.6 Å². The number of benzene rings is 1. The van der Waals surface area contributed by atoms with Crippen molar-refractivity contribution in [3.8, 4) is 17.6 Å². The molecular formula is C18H20N4O2. The molecule has 0 amide bonds. The fourth-order valence-electron chi connectivity index (χ4n) is 2.57. The average Bonchev–Trinajstić information content (AvgIpc) is 2.92. The predicted octanol–water partition coefficient (Wildman–Crippen LogP) is 3.78. The van der Waals surface area contributed by atoms with Crippen molar-refractivity contribution in [3.63, 3.8) is 0 Å². The SMILES string of the molecule is [C-]#[N+]c1cc(C#N)cc(Oc2c(CC)nn(CCO)c2C(C)C)c1. The summed E-state index contributed by atoms with van der Waals surface area (Å²) in [4.78, 5) is 3.38. The number of nitrogens with zero attached hydrogens (tertiary/aromatic N) is 4. The lowest BCUT2D eigenvalue weighted by molar-refractivity contribution is 0.266. The van der Waals surface area contributed by atoms with E-state index in [2.05, 4.69) is 9.94 Å². The largest absolute Gasteiger partial charge is 0.455 e. The van der Waals surface area contributed by atoms with E-state index in [0.717, 1.165) is 11.4 Å². The van der Waals surface area contributed by atoms with E-state index in [1.54, 1.807) is 16.8 Å². The maximum atomic E-state index is 9.25. The Morgan fingerprint density at radius 1 is 1.42 bits per heavy atom. The number of hydrogen-bond donors (Lipinski definition) is 1. The molecule has 1 N–H and O–H groups in total. The van der Waals surface area contributed by atoms with Gasteiger partial charge in [0.1, 0.15) is 11.4 Å². The smallest absolute Gasteiger partial charge is 0.192 e. The maximum absolute atomic E-state index is 9.25. The van der Waals surface area contributed by atoms with Crippen molar-refractivity contribution in [1.29, 1.82) is 5.26 Å². The van der Waals surface area contributed by atoms with Crippen LogP contribution in [0.4, 0.5) is 5.69 Å². The average molecular weight is 324 g/mol. The predicted molar refractivity (Wildman–Crippen MR) is 90.3 cm³/mol. The Morgan fingerprint density at radius 2 is 2.17 bits per heavy atom. The third-order valence-electron chi connectivity index (χ3n) is 3.58. The monoisotopic (exact) mass is 324 g/mol. The van der Waals surface area contributed by atoms with Crippen LogP contribution in [0.1, 0.15) is 43.6 Å². The molecule has 0 aliphatic carbocycles. The molecule has 0 spiro atoms. The molecule has 0 radical (unpaired) electrons. The van der Waals surface area contributed by atoms with Gasteiger partial charge in [-0.15, -0.1) is 0 Å². The minimum absolute atomic E-state index is 0.00418. The summed E-state index contributed by atoms with van der Waals surface area (Å²) < 4.78 is 7.81. The van der Waals surface area contributed by atoms with Crippen LogP contribution in [-0.4, -0.2) is 21.5 Å². The quantitative estimate of drug-likeness (QED) is 0.821. The number of aromatic nitrogens is 2. The summed E-state index contributed by atoms with van der Waals surface area (Å²) in [6.07, 6.45) is 0.682. The van der Waals surface area contributed by atoms with E-state index in [9.17, 15) is 5.11 Å². The van der Waals surface area contributed by atoms with Crippen LogP contribution >= 0.6 is 0 Å². The first-order valence-corrected chi connectivity index (χ1v) is 7.84. The Balaban J connectivity index is 2.53. The Kier molecular flexibility index (Phi) is 5.57. The maximum Gasteiger partial charge on any atom is 0.192 e. The van der Waals surface area contributed by atoms with E-state index in [-0.39, 0.29) is 12.5 Å². The summed E-state index contributed by atoms with van der Waals surface area (Å²) in [5, 5.41) is 22.9. The molecule has 2 aromatic rings. The highest BCUT2D eigenvalue weighted by molar-refractivity contribution is 5.56. The molecule has 0 aliphatic rings. The van der Waals surface area contributed by atoms with Gasteiger partial charge in [0.05, 0.1) is 31.5 Å². The van der Waals surface area contributed by atoms with Crippen LogP contribution in [0, 0.1) is 17.9 Å². The third-order valence-corrected chi connectivity index (χ3v) is 3.58. The third kappa shape index (κ3) is 3.56. The van der Waals surface area contributed by atoms with Gasteiger partial charge in [0.2, 0.25) is 0 Å². The first-order chi connectivity index (χ1) is 11.5. The lowest BCUT2D eigenvalue weighted by Gasteiger charge is -2.13. The van der Waals surface area contributed by atoms with Crippen molar-refractivity contribution in [2.45, 2.75) is 39.7 Å². The van der Waals surface area contributed by atoms with Crippen LogP contribution < -0.4 is 4.74 Å². The van der Waals surface area contributed by atoms with Crippen LogP contribution in [0.2, 0.25) is 0 Å². The fourth-order valence-corrected chi connectivity index (χ4v) is 2.57. The van der Waals surface area contributed by atoms with Gasteiger partial charge >= 0.3 is 0 Å². The number of aliphatic hydroxyl groups excluding tert-OH is 1. The van der Waals surface area contributed by atoms with Crippen LogP contribution in [0.15, 0.2) is 18.2 Å². The van der Waals surface area contributed by atoms with E-state index in [1.165, 1.54) is 6.07 Å². The first-order valence-electron chi connectivity index (χ1n) is 7.84. The molecule has 1 aromatic carbocycles. The molecule has 2 rings (SSSR count). The van der Waals surface area contributed by atoms with Crippen molar-refractivity contribution in [1.82, 2.24) is 9.78 Å². The lowest BCUT2D eigenvalue weighted by atomic mass is 10.1. The van der Waals surface area contributed by atoms with E-state index in [0.29, 0.717) is 35.7 Å². The normalized spacial score (nSPS) is 10.5. The van der Waals surface area contributed by atoms with E-state index in [1.807, 2.05) is 26.8 Å². The van der Waals surface area contributed by atoms with E-state index >= 15 is 0 Å². The molecule has 6 heteroatoms. The molecule has 0 bridgehead atoms. The minimum atomic E-state index is -0.00418. The lowest BCUT2D eigenvalue weighted by Crippen LogP contribution is -2.09. The standard InChI is InChI=1S/C18H20N4O2/c1-5-16-18(17(12(2)3)22(21-16)6-7-23)24-15-9-13(11-19)8-14(10-15)20-4/h8-10,12,23H,5-7H2,1-3H3. The van der Waals surface area contributed by atoms with Gasteiger partial charge in [-0.25, -0.2) is 4.85 Å². The number of aliphatic hydroxyl groups is 1. The van der Waals surface area contributed by atoms with Gasteiger partial charge in [0.15, 0.2) is 11.4 Å². The Bertz CT molecular complexity index is 777. The zero-order valence-corrected chi connectivity index (χ0v) is 14.1. The van der Waals surface area contributed by atoms with Gasteiger partial charge in [-0.2, -0.15) is 10.4 Å². The second-order valence-corrected chi connectivity index (χ2v) is 5.66. The minimum Gasteiger partial charge on any atom is -0.455 e. The summed E-state index contributed by atoms with van der Waals surface area (Å²) in [7, 11) is 0. The molecule has 0 atom stereocenters. The summed E-state index contributed by atoms with van der Waals surface area (Å²) in [6, 6.07) is 6.79. The van der Waals surface area contributed by atoms with Crippen molar-refractivity contribution >= 4 is 5.69 Å². The molecule has 0 unspecified atom stereocenters. The van der Waals surface area contributed by atoms with Crippen molar-refractivity contribution in [3.05, 3.63) is 46.6 Å². The zero-order chi connectivity index (χ0) is 17.7. The van der Waals surface area contributed by atoms with Gasteiger partial charge in [0.25, 0.3) is 0 Å². The summed E-state index contributed by atoms with van der Waals surface area (Å²) >= 11 is 0.